The summed E-state index contributed by atoms with van der Waals surface area (Å²) in [4.78, 5) is 24.4. The van der Waals surface area contributed by atoms with Crippen molar-refractivity contribution < 1.29 is 24.5 Å². The van der Waals surface area contributed by atoms with Crippen molar-refractivity contribution in [3.8, 4) is 5.75 Å². The number of ether oxygens (including phenoxy) is 2. The molecule has 33 heavy (non-hydrogen) atoms. The number of aliphatic hydroxyl groups is 2. The molecular weight excluding hydrogens is 430 g/mol. The van der Waals surface area contributed by atoms with Gasteiger partial charge in [0.25, 0.3) is 0 Å². The van der Waals surface area contributed by atoms with E-state index >= 15 is 0 Å². The number of benzene rings is 1. The Labute approximate surface area is 187 Å². The molecule has 12 heteroatoms. The lowest BCUT2D eigenvalue weighted by Crippen LogP contribution is -2.34. The number of fused-ring (bicyclic) bond motifs is 2. The van der Waals surface area contributed by atoms with Crippen molar-refractivity contribution in [2.75, 3.05) is 17.8 Å². The molecule has 12 nitrogen and oxygen atoms in total. The number of carbonyl (C=O) groups excluding carboxylic acids is 1. The Morgan fingerprint density at radius 2 is 2.12 bits per heavy atom. The first-order chi connectivity index (χ1) is 15.9. The molecule has 2 aromatic heterocycles. The fourth-order valence-corrected chi connectivity index (χ4v) is 3.78. The van der Waals surface area contributed by atoms with Gasteiger partial charge in [-0.15, -0.1) is 0 Å². The zero-order chi connectivity index (χ0) is 23.1. The predicted molar refractivity (Wildman–Crippen MR) is 118 cm³/mol. The summed E-state index contributed by atoms with van der Waals surface area (Å²) in [6.07, 6.45) is -0.0468. The molecule has 5 rings (SSSR count). The third-order valence-electron chi connectivity index (χ3n) is 5.41. The number of aliphatic hydroxyl groups excluding tert-OH is 2. The molecule has 3 aromatic rings. The zero-order valence-corrected chi connectivity index (χ0v) is 17.5. The van der Waals surface area contributed by atoms with E-state index in [4.69, 9.17) is 15.2 Å². The number of hydrogen-bond donors (Lipinski definition) is 4. The summed E-state index contributed by atoms with van der Waals surface area (Å²) in [7, 11) is 0. The lowest BCUT2D eigenvalue weighted by molar-refractivity contribution is -0.133. The summed E-state index contributed by atoms with van der Waals surface area (Å²) in [5.74, 6) is 0.586. The highest BCUT2D eigenvalue weighted by Gasteiger charge is 2.46. The van der Waals surface area contributed by atoms with Gasteiger partial charge in [0.05, 0.1) is 12.5 Å². The molecule has 0 amide bonds. The fraction of sp³-hybridized carbons (Fsp3) is 0.286. The summed E-state index contributed by atoms with van der Waals surface area (Å²) in [5.41, 5.74) is 11.1. The average molecular weight is 451 g/mol. The summed E-state index contributed by atoms with van der Waals surface area (Å²) < 4.78 is 12.7. The van der Waals surface area contributed by atoms with Gasteiger partial charge in [-0.3, -0.25) is 9.36 Å². The number of ketones is 1. The van der Waals surface area contributed by atoms with Crippen molar-refractivity contribution in [1.29, 1.82) is 0 Å². The maximum atomic E-state index is 11.7. The number of hydrogen-bond acceptors (Lipinski definition) is 11. The van der Waals surface area contributed by atoms with Crippen LogP contribution in [-0.2, 0) is 9.53 Å². The summed E-state index contributed by atoms with van der Waals surface area (Å²) in [5, 5.41) is 24.7. The number of nitrogens with zero attached hydrogens (tertiary/aromatic N) is 5. The number of nitrogens with one attached hydrogen (secondary N) is 1. The van der Waals surface area contributed by atoms with Gasteiger partial charge in [-0.05, 0) is 19.1 Å². The Bertz CT molecular complexity index is 1290. The SMILES string of the molecule is CC(=O)[C@H]1O[C@@H](n2cnc3c(N)nc(N/N=C/C4=Cc5ccccc5OC4)nc32)[C@H](O)[C@@H]1O. The number of carbonyl (C=O) groups is 1. The van der Waals surface area contributed by atoms with Crippen LogP contribution >= 0.6 is 0 Å². The number of anilines is 2. The molecule has 5 N–H and O–H groups in total. The van der Waals surface area contributed by atoms with Gasteiger partial charge in [-0.25, -0.2) is 10.4 Å². The van der Waals surface area contributed by atoms with Crippen LogP contribution in [0.4, 0.5) is 11.8 Å². The first-order valence-corrected chi connectivity index (χ1v) is 10.2. The smallest absolute Gasteiger partial charge is 0.247 e. The number of nitrogens with two attached hydrogens (primary N) is 1. The molecule has 0 saturated carbocycles. The third-order valence-corrected chi connectivity index (χ3v) is 5.41. The van der Waals surface area contributed by atoms with E-state index in [9.17, 15) is 15.0 Å². The summed E-state index contributed by atoms with van der Waals surface area (Å²) >= 11 is 0. The van der Waals surface area contributed by atoms with E-state index < -0.39 is 30.3 Å². The maximum absolute atomic E-state index is 11.7. The Kier molecular flexibility index (Phi) is 5.24. The van der Waals surface area contributed by atoms with E-state index in [1.54, 1.807) is 6.21 Å². The fourth-order valence-electron chi connectivity index (χ4n) is 3.78. The molecule has 1 aromatic carbocycles. The van der Waals surface area contributed by atoms with Gasteiger partial charge in [0.2, 0.25) is 5.95 Å². The first-order valence-electron chi connectivity index (χ1n) is 10.2. The Balaban J connectivity index is 1.39. The molecule has 2 aliphatic heterocycles. The Morgan fingerprint density at radius 3 is 2.91 bits per heavy atom. The molecule has 0 bridgehead atoms. The van der Waals surface area contributed by atoms with Gasteiger partial charge in [-0.1, -0.05) is 18.2 Å². The van der Waals surface area contributed by atoms with Crippen molar-refractivity contribution in [2.24, 2.45) is 5.10 Å². The van der Waals surface area contributed by atoms with Crippen molar-refractivity contribution >= 4 is 41.0 Å². The highest BCUT2D eigenvalue weighted by Crippen LogP contribution is 2.33. The highest BCUT2D eigenvalue weighted by atomic mass is 16.6. The van der Waals surface area contributed by atoms with Crippen LogP contribution in [0.1, 0.15) is 18.7 Å². The highest BCUT2D eigenvalue weighted by molar-refractivity contribution is 5.88. The molecule has 170 valence electrons. The topological polar surface area (TPSA) is 170 Å². The Morgan fingerprint density at radius 1 is 1.30 bits per heavy atom. The van der Waals surface area contributed by atoms with E-state index in [0.717, 1.165) is 16.9 Å². The maximum Gasteiger partial charge on any atom is 0.247 e. The van der Waals surface area contributed by atoms with Crippen LogP contribution < -0.4 is 15.9 Å². The second kappa shape index (κ2) is 8.24. The third kappa shape index (κ3) is 3.80. The number of imidazole rings is 1. The summed E-state index contributed by atoms with van der Waals surface area (Å²) in [6.45, 7) is 1.65. The van der Waals surface area contributed by atoms with Gasteiger partial charge < -0.3 is 25.4 Å². The van der Waals surface area contributed by atoms with E-state index in [0.29, 0.717) is 6.61 Å². The molecule has 2 aliphatic rings. The molecule has 0 radical (unpaired) electrons. The second-order valence-corrected chi connectivity index (χ2v) is 7.71. The molecule has 4 atom stereocenters. The lowest BCUT2D eigenvalue weighted by atomic mass is 10.1. The van der Waals surface area contributed by atoms with Crippen molar-refractivity contribution in [2.45, 2.75) is 31.5 Å². The number of rotatable bonds is 5. The summed E-state index contributed by atoms with van der Waals surface area (Å²) in [6, 6.07) is 7.68. The quantitative estimate of drug-likeness (QED) is 0.316. The normalized spacial score (nSPS) is 24.5. The zero-order valence-electron chi connectivity index (χ0n) is 17.5. The van der Waals surface area contributed by atoms with Crippen LogP contribution in [0, 0.1) is 0 Å². The molecular formula is C21H21N7O5. The second-order valence-electron chi connectivity index (χ2n) is 7.71. The largest absolute Gasteiger partial charge is 0.488 e. The first kappa shape index (κ1) is 21.0. The standard InChI is InChI=1S/C21H21N7O5/c1-10(29)17-15(30)16(31)20(33-17)28-9-23-14-18(22)25-21(26-19(14)28)27-24-7-11-6-12-4-2-3-5-13(12)32-8-11/h2-7,9,15-17,20,30-31H,8H2,1H3,(H3,22,25,26,27)/b24-7+/t15-,16+,17+,20+/m0/s1. The van der Waals surface area contributed by atoms with Crippen molar-refractivity contribution in [3.05, 3.63) is 41.7 Å². The van der Waals surface area contributed by atoms with E-state index in [1.165, 1.54) is 17.8 Å². The molecule has 1 saturated heterocycles. The minimum absolute atomic E-state index is 0.0849. The number of nitrogen functional groups attached to an aromatic ring is 1. The van der Waals surface area contributed by atoms with Gasteiger partial charge in [0.15, 0.2) is 23.5 Å². The van der Waals surface area contributed by atoms with Crippen LogP contribution in [0.5, 0.6) is 5.75 Å². The molecule has 4 heterocycles. The number of hydrazone groups is 1. The number of Topliss-reactive ketones (excluding diaryl/α,β-unsaturated/α-hetero) is 1. The van der Waals surface area contributed by atoms with Crippen molar-refractivity contribution in [1.82, 2.24) is 19.5 Å². The van der Waals surface area contributed by atoms with E-state index in [2.05, 4.69) is 25.5 Å². The Hall–Kier alpha value is -3.87. The number of aromatic nitrogens is 4. The molecule has 0 unspecified atom stereocenters. The lowest BCUT2D eigenvalue weighted by Gasteiger charge is -2.16. The minimum atomic E-state index is -1.37. The van der Waals surface area contributed by atoms with Crippen LogP contribution in [-0.4, -0.2) is 66.6 Å². The van der Waals surface area contributed by atoms with E-state index in [-0.39, 0.29) is 22.9 Å². The van der Waals surface area contributed by atoms with Crippen LogP contribution in [0.15, 0.2) is 41.3 Å². The monoisotopic (exact) mass is 451 g/mol. The van der Waals surface area contributed by atoms with Gasteiger partial charge in [-0.2, -0.15) is 15.1 Å². The average Bonchev–Trinajstić information content (AvgIpc) is 3.35. The van der Waals surface area contributed by atoms with E-state index in [1.807, 2.05) is 30.3 Å². The van der Waals surface area contributed by atoms with Crippen LogP contribution in [0.25, 0.3) is 17.2 Å². The molecule has 0 aliphatic carbocycles. The van der Waals surface area contributed by atoms with Gasteiger partial charge in [0.1, 0.15) is 36.2 Å². The van der Waals surface area contributed by atoms with Crippen molar-refractivity contribution in [3.63, 3.8) is 0 Å². The van der Waals surface area contributed by atoms with Gasteiger partial charge >= 0.3 is 0 Å². The molecule has 0 spiro atoms. The van der Waals surface area contributed by atoms with Crippen LogP contribution in [0.3, 0.4) is 0 Å². The predicted octanol–water partition coefficient (Wildman–Crippen LogP) is 0.490. The number of para-hydroxylation sites is 1. The minimum Gasteiger partial charge on any atom is -0.488 e. The molecule has 1 fully saturated rings. The van der Waals surface area contributed by atoms with Gasteiger partial charge in [0, 0.05) is 11.1 Å². The van der Waals surface area contributed by atoms with Crippen LogP contribution in [0.2, 0.25) is 0 Å².